The van der Waals surface area contributed by atoms with Gasteiger partial charge in [0.05, 0.1) is 16.1 Å². The van der Waals surface area contributed by atoms with Crippen LogP contribution in [-0.4, -0.2) is 22.6 Å². The van der Waals surface area contributed by atoms with Crippen molar-refractivity contribution in [1.29, 1.82) is 0 Å². The fourth-order valence-corrected chi connectivity index (χ4v) is 3.66. The Balaban J connectivity index is 1.58. The third-order valence-corrected chi connectivity index (χ3v) is 5.25. The molecule has 2 amide bonds. The summed E-state index contributed by atoms with van der Waals surface area (Å²) in [6.07, 6.45) is 0.329. The van der Waals surface area contributed by atoms with Crippen LogP contribution in [0.4, 0.5) is 0 Å². The molecular weight excluding hydrogens is 382 g/mol. The van der Waals surface area contributed by atoms with Crippen LogP contribution in [0, 0.1) is 0 Å². The Kier molecular flexibility index (Phi) is 6.32. The molecule has 0 fully saturated rings. The molecule has 2 aromatic carbocycles. The molecule has 7 heteroatoms. The maximum Gasteiger partial charge on any atom is 0.249 e. The highest BCUT2D eigenvalue weighted by Crippen LogP contribution is 2.24. The van der Waals surface area contributed by atoms with Gasteiger partial charge in [-0.2, -0.15) is 0 Å². The second kappa shape index (κ2) is 8.88. The zero-order valence-electron chi connectivity index (χ0n) is 14.4. The first-order valence-electron chi connectivity index (χ1n) is 8.37. The minimum atomic E-state index is -0.493. The van der Waals surface area contributed by atoms with Crippen LogP contribution in [0.3, 0.4) is 0 Å². The molecule has 0 unspecified atom stereocenters. The number of nitrogens with two attached hydrogens (primary N) is 1. The molecule has 0 saturated heterocycles. The molecule has 3 N–H and O–H groups in total. The van der Waals surface area contributed by atoms with Crippen LogP contribution in [0.2, 0.25) is 5.02 Å². The quantitative estimate of drug-likeness (QED) is 0.592. The summed E-state index contributed by atoms with van der Waals surface area (Å²) in [4.78, 5) is 28.3. The lowest BCUT2D eigenvalue weighted by molar-refractivity contribution is -0.120. The standard InChI is InChI=1S/C20H18ClN3O2S/c21-16-7-3-1-5-13(16)12-23-18(25)9-10-27-19-11-15(20(22)26)14-6-2-4-8-17(14)24-19/h1-8,11H,9-10,12H2,(H2,22,26)(H,23,25). The number of aromatic nitrogens is 1. The minimum Gasteiger partial charge on any atom is -0.366 e. The molecule has 1 aromatic heterocycles. The Morgan fingerprint density at radius 1 is 1.11 bits per heavy atom. The molecule has 27 heavy (non-hydrogen) atoms. The van der Waals surface area contributed by atoms with Gasteiger partial charge in [-0.1, -0.05) is 48.0 Å². The number of hydrogen-bond donors (Lipinski definition) is 2. The number of fused-ring (bicyclic) bond motifs is 1. The summed E-state index contributed by atoms with van der Waals surface area (Å²) >= 11 is 7.49. The first-order valence-corrected chi connectivity index (χ1v) is 9.73. The van der Waals surface area contributed by atoms with E-state index < -0.39 is 5.91 Å². The lowest BCUT2D eigenvalue weighted by Crippen LogP contribution is -2.23. The monoisotopic (exact) mass is 399 g/mol. The normalized spacial score (nSPS) is 10.7. The second-order valence-corrected chi connectivity index (χ2v) is 7.38. The third kappa shape index (κ3) is 4.99. The number of nitrogens with one attached hydrogen (secondary N) is 1. The van der Waals surface area contributed by atoms with Gasteiger partial charge in [-0.15, -0.1) is 11.8 Å². The predicted molar refractivity (Wildman–Crippen MR) is 109 cm³/mol. The largest absolute Gasteiger partial charge is 0.366 e. The van der Waals surface area contributed by atoms with E-state index in [2.05, 4.69) is 10.3 Å². The van der Waals surface area contributed by atoms with E-state index >= 15 is 0 Å². The Labute approximate surface area is 166 Å². The summed E-state index contributed by atoms with van der Waals surface area (Å²) < 4.78 is 0. The summed E-state index contributed by atoms with van der Waals surface area (Å²) in [7, 11) is 0. The van der Waals surface area contributed by atoms with Gasteiger partial charge in [0.2, 0.25) is 11.8 Å². The number of carbonyl (C=O) groups is 2. The van der Waals surface area contributed by atoms with Crippen molar-refractivity contribution in [2.24, 2.45) is 5.73 Å². The van der Waals surface area contributed by atoms with Crippen molar-refractivity contribution in [3.8, 4) is 0 Å². The highest BCUT2D eigenvalue weighted by atomic mass is 35.5. The van der Waals surface area contributed by atoms with Crippen LogP contribution in [0.5, 0.6) is 0 Å². The first-order chi connectivity index (χ1) is 13.0. The van der Waals surface area contributed by atoms with Gasteiger partial charge in [-0.25, -0.2) is 4.98 Å². The van der Waals surface area contributed by atoms with Gasteiger partial charge in [0.15, 0.2) is 0 Å². The molecule has 1 heterocycles. The molecule has 0 aliphatic heterocycles. The Morgan fingerprint density at radius 2 is 1.85 bits per heavy atom. The topological polar surface area (TPSA) is 85.1 Å². The Morgan fingerprint density at radius 3 is 2.63 bits per heavy atom. The molecular formula is C20H18ClN3O2S. The van der Waals surface area contributed by atoms with Gasteiger partial charge in [-0.3, -0.25) is 9.59 Å². The molecule has 0 aliphatic carbocycles. The molecule has 0 aliphatic rings. The number of primary amides is 1. The average molecular weight is 400 g/mol. The van der Waals surface area contributed by atoms with Crippen molar-refractivity contribution in [2.75, 3.05) is 5.75 Å². The molecule has 0 saturated carbocycles. The molecule has 0 atom stereocenters. The highest BCUT2D eigenvalue weighted by molar-refractivity contribution is 7.99. The molecule has 0 radical (unpaired) electrons. The fourth-order valence-electron chi connectivity index (χ4n) is 2.60. The van der Waals surface area contributed by atoms with Gasteiger partial charge < -0.3 is 11.1 Å². The molecule has 138 valence electrons. The van der Waals surface area contributed by atoms with E-state index in [1.54, 1.807) is 12.1 Å². The van der Waals surface area contributed by atoms with Gasteiger partial charge >= 0.3 is 0 Å². The van der Waals surface area contributed by atoms with Crippen molar-refractivity contribution < 1.29 is 9.59 Å². The van der Waals surface area contributed by atoms with Crippen molar-refractivity contribution in [2.45, 2.75) is 18.0 Å². The Bertz CT molecular complexity index is 994. The maximum absolute atomic E-state index is 12.0. The summed E-state index contributed by atoms with van der Waals surface area (Å²) in [6, 6.07) is 16.4. The van der Waals surface area contributed by atoms with Crippen molar-refractivity contribution >= 4 is 46.1 Å². The van der Waals surface area contributed by atoms with E-state index in [0.717, 1.165) is 10.9 Å². The maximum atomic E-state index is 12.0. The van der Waals surface area contributed by atoms with E-state index in [1.165, 1.54) is 11.8 Å². The van der Waals surface area contributed by atoms with Crippen LogP contribution in [0.1, 0.15) is 22.3 Å². The number of benzene rings is 2. The smallest absolute Gasteiger partial charge is 0.249 e. The Hall–Kier alpha value is -2.57. The molecule has 3 aromatic rings. The second-order valence-electron chi connectivity index (χ2n) is 5.86. The van der Waals surface area contributed by atoms with Crippen LogP contribution >= 0.6 is 23.4 Å². The molecule has 3 rings (SSSR count). The van der Waals surface area contributed by atoms with Crippen molar-refractivity contribution in [3.63, 3.8) is 0 Å². The number of halogens is 1. The van der Waals surface area contributed by atoms with Crippen LogP contribution in [-0.2, 0) is 11.3 Å². The lowest BCUT2D eigenvalue weighted by Gasteiger charge is -2.08. The summed E-state index contributed by atoms with van der Waals surface area (Å²) in [6.45, 7) is 0.392. The zero-order valence-corrected chi connectivity index (χ0v) is 16.0. The van der Waals surface area contributed by atoms with Gasteiger partial charge in [-0.05, 0) is 23.8 Å². The number of nitrogens with zero attached hydrogens (tertiary/aromatic N) is 1. The van der Waals surface area contributed by atoms with Crippen LogP contribution in [0.25, 0.3) is 10.9 Å². The number of hydrogen-bond acceptors (Lipinski definition) is 4. The molecule has 5 nitrogen and oxygen atoms in total. The highest BCUT2D eigenvalue weighted by Gasteiger charge is 2.11. The van der Waals surface area contributed by atoms with E-state index in [1.807, 2.05) is 42.5 Å². The summed E-state index contributed by atoms with van der Waals surface area (Å²) in [5.41, 5.74) is 7.50. The van der Waals surface area contributed by atoms with Crippen molar-refractivity contribution in [1.82, 2.24) is 10.3 Å². The van der Waals surface area contributed by atoms with E-state index in [9.17, 15) is 9.59 Å². The minimum absolute atomic E-state index is 0.0710. The first kappa shape index (κ1) is 19.2. The van der Waals surface area contributed by atoms with Gasteiger partial charge in [0, 0.05) is 29.1 Å². The average Bonchev–Trinajstić information content (AvgIpc) is 2.66. The zero-order chi connectivity index (χ0) is 19.2. The number of carbonyl (C=O) groups excluding carboxylic acids is 2. The van der Waals surface area contributed by atoms with E-state index in [4.69, 9.17) is 17.3 Å². The SMILES string of the molecule is NC(=O)c1cc(SCCC(=O)NCc2ccccc2Cl)nc2ccccc12. The number of pyridine rings is 1. The predicted octanol–water partition coefficient (Wildman–Crippen LogP) is 3.79. The number of thioether (sulfide) groups is 1. The number of amides is 2. The molecule has 0 bridgehead atoms. The summed E-state index contributed by atoms with van der Waals surface area (Å²) in [5, 5.41) is 4.88. The van der Waals surface area contributed by atoms with E-state index in [-0.39, 0.29) is 5.91 Å². The number of rotatable bonds is 7. The summed E-state index contributed by atoms with van der Waals surface area (Å²) in [5.74, 6) is -0.0241. The van der Waals surface area contributed by atoms with Gasteiger partial charge in [0.25, 0.3) is 0 Å². The lowest BCUT2D eigenvalue weighted by atomic mass is 10.1. The number of para-hydroxylation sites is 1. The fraction of sp³-hybridized carbons (Fsp3) is 0.150. The van der Waals surface area contributed by atoms with E-state index in [0.29, 0.717) is 39.8 Å². The van der Waals surface area contributed by atoms with Crippen LogP contribution in [0.15, 0.2) is 59.6 Å². The third-order valence-electron chi connectivity index (χ3n) is 3.97. The van der Waals surface area contributed by atoms with Gasteiger partial charge in [0.1, 0.15) is 0 Å². The van der Waals surface area contributed by atoms with Crippen LogP contribution < -0.4 is 11.1 Å². The van der Waals surface area contributed by atoms with Crippen molar-refractivity contribution in [3.05, 3.63) is 70.7 Å². The molecule has 0 spiro atoms.